The van der Waals surface area contributed by atoms with E-state index in [1.54, 1.807) is 43.3 Å². The first-order valence-electron chi connectivity index (χ1n) is 9.86. The number of ether oxygens (including phenoxy) is 1. The second-order valence-corrected chi connectivity index (χ2v) is 8.47. The normalized spacial score (nSPS) is 11.0. The number of nitrogens with one attached hydrogen (secondary N) is 2. The molecule has 0 aliphatic heterocycles. The van der Waals surface area contributed by atoms with Crippen LogP contribution >= 0.6 is 27.5 Å². The van der Waals surface area contributed by atoms with Crippen LogP contribution in [-0.4, -0.2) is 23.8 Å². The van der Waals surface area contributed by atoms with Crippen molar-refractivity contribution in [2.45, 2.75) is 6.92 Å². The van der Waals surface area contributed by atoms with E-state index in [-0.39, 0.29) is 16.9 Å². The second kappa shape index (κ2) is 11.0. The maximum atomic E-state index is 13.2. The summed E-state index contributed by atoms with van der Waals surface area (Å²) in [5, 5.41) is 16.7. The van der Waals surface area contributed by atoms with E-state index in [1.165, 1.54) is 37.5 Å². The van der Waals surface area contributed by atoms with Crippen molar-refractivity contribution in [2.75, 3.05) is 12.4 Å². The Labute approximate surface area is 208 Å². The number of carbonyl (C=O) groups excluding carboxylic acids is 2. The van der Waals surface area contributed by atoms with Crippen LogP contribution in [0.3, 0.4) is 0 Å². The number of nitrogens with zero attached hydrogens (tertiary/aromatic N) is 1. The maximum Gasteiger partial charge on any atom is 0.272 e. The van der Waals surface area contributed by atoms with Gasteiger partial charge in [0.25, 0.3) is 17.5 Å². The minimum Gasteiger partial charge on any atom is -0.496 e. The molecule has 2 N–H and O–H groups in total. The lowest BCUT2D eigenvalue weighted by Gasteiger charge is -2.14. The van der Waals surface area contributed by atoms with Crippen molar-refractivity contribution < 1.29 is 19.2 Å². The Morgan fingerprint density at radius 3 is 2.44 bits per heavy atom. The lowest BCUT2D eigenvalue weighted by Crippen LogP contribution is -2.31. The van der Waals surface area contributed by atoms with Crippen LogP contribution in [-0.2, 0) is 4.79 Å². The monoisotopic (exact) mass is 543 g/mol. The van der Waals surface area contributed by atoms with E-state index in [0.717, 1.165) is 5.56 Å². The number of hydrogen-bond acceptors (Lipinski definition) is 5. The second-order valence-electron chi connectivity index (χ2n) is 7.12. The molecule has 0 saturated carbocycles. The molecule has 2 amide bonds. The summed E-state index contributed by atoms with van der Waals surface area (Å²) in [7, 11) is 1.43. The van der Waals surface area contributed by atoms with Gasteiger partial charge in [0.15, 0.2) is 0 Å². The van der Waals surface area contributed by atoms with Crippen molar-refractivity contribution in [2.24, 2.45) is 0 Å². The summed E-state index contributed by atoms with van der Waals surface area (Å²) < 4.78 is 5.91. The minimum absolute atomic E-state index is 0.0831. The summed E-state index contributed by atoms with van der Waals surface area (Å²) in [5.41, 5.74) is 1.74. The molecule has 3 aromatic carbocycles. The van der Waals surface area contributed by atoms with Gasteiger partial charge in [-0.15, -0.1) is 0 Å². The first-order valence-corrected chi connectivity index (χ1v) is 11.0. The zero-order chi connectivity index (χ0) is 24.8. The highest BCUT2D eigenvalue weighted by Crippen LogP contribution is 2.24. The molecule has 0 saturated heterocycles. The van der Waals surface area contributed by atoms with Gasteiger partial charge in [-0.25, -0.2) is 0 Å². The van der Waals surface area contributed by atoms with E-state index in [2.05, 4.69) is 26.6 Å². The van der Waals surface area contributed by atoms with Crippen molar-refractivity contribution in [1.29, 1.82) is 0 Å². The van der Waals surface area contributed by atoms with Gasteiger partial charge in [-0.2, -0.15) is 0 Å². The average Bonchev–Trinajstić information content (AvgIpc) is 2.81. The lowest BCUT2D eigenvalue weighted by molar-refractivity contribution is -0.384. The molecule has 3 rings (SSSR count). The SMILES string of the molecule is COc1ccc(Br)cc1C(=O)NC(=Cc1ccc([N+](=O)[O-])cc1)C(=O)Nc1cc(Cl)ccc1C. The molecule has 0 aliphatic rings. The fraction of sp³-hybridized carbons (Fsp3) is 0.0833. The fourth-order valence-electron chi connectivity index (χ4n) is 2.98. The number of non-ortho nitro benzene ring substituents is 1. The van der Waals surface area contributed by atoms with E-state index >= 15 is 0 Å². The molecule has 3 aromatic rings. The zero-order valence-corrected chi connectivity index (χ0v) is 20.4. The average molecular weight is 545 g/mol. The molecule has 0 spiro atoms. The Kier molecular flexibility index (Phi) is 8.04. The predicted octanol–water partition coefficient (Wildman–Crippen LogP) is 5.74. The number of hydrogen-bond donors (Lipinski definition) is 2. The third-order valence-corrected chi connectivity index (χ3v) is 5.49. The number of aryl methyl sites for hydroxylation is 1. The van der Waals surface area contributed by atoms with Gasteiger partial charge in [0.2, 0.25) is 0 Å². The maximum absolute atomic E-state index is 13.2. The van der Waals surface area contributed by atoms with Crippen molar-refractivity contribution in [3.8, 4) is 5.75 Å². The summed E-state index contributed by atoms with van der Waals surface area (Å²) in [4.78, 5) is 36.6. The summed E-state index contributed by atoms with van der Waals surface area (Å²) in [6.45, 7) is 1.80. The standard InChI is InChI=1S/C24H19BrClN3O5/c1-14-3-7-17(26)13-20(14)27-24(31)21(11-15-4-8-18(9-5-15)29(32)33)28-23(30)19-12-16(25)6-10-22(19)34-2/h3-13H,1-2H3,(H,27,31)(H,28,30). The first kappa shape index (κ1) is 24.9. The summed E-state index contributed by atoms with van der Waals surface area (Å²) in [5.74, 6) is -0.864. The van der Waals surface area contributed by atoms with E-state index in [0.29, 0.717) is 26.5 Å². The molecule has 0 atom stereocenters. The van der Waals surface area contributed by atoms with E-state index < -0.39 is 16.7 Å². The van der Waals surface area contributed by atoms with Gasteiger partial charge in [0.05, 0.1) is 17.6 Å². The Bertz CT molecular complexity index is 1290. The number of anilines is 1. The number of carbonyl (C=O) groups is 2. The molecule has 0 heterocycles. The van der Waals surface area contributed by atoms with Crippen LogP contribution in [0.15, 0.2) is 70.8 Å². The minimum atomic E-state index is -0.606. The molecule has 0 fully saturated rings. The first-order chi connectivity index (χ1) is 16.2. The number of rotatable bonds is 7. The van der Waals surface area contributed by atoms with Crippen LogP contribution in [0.2, 0.25) is 5.02 Å². The number of methoxy groups -OCH3 is 1. The van der Waals surface area contributed by atoms with E-state index in [9.17, 15) is 19.7 Å². The van der Waals surface area contributed by atoms with Crippen LogP contribution < -0.4 is 15.4 Å². The topological polar surface area (TPSA) is 111 Å². The van der Waals surface area contributed by atoms with Crippen molar-refractivity contribution in [1.82, 2.24) is 5.32 Å². The summed E-state index contributed by atoms with van der Waals surface area (Å²) in [6.07, 6.45) is 1.42. The van der Waals surface area contributed by atoms with Crippen LogP contribution in [0.4, 0.5) is 11.4 Å². The summed E-state index contributed by atoms with van der Waals surface area (Å²) >= 11 is 9.38. The van der Waals surface area contributed by atoms with Crippen LogP contribution in [0.25, 0.3) is 6.08 Å². The third kappa shape index (κ3) is 6.21. The van der Waals surface area contributed by atoms with Crippen molar-refractivity contribution in [3.63, 3.8) is 0 Å². The van der Waals surface area contributed by atoms with Gasteiger partial charge >= 0.3 is 0 Å². The largest absolute Gasteiger partial charge is 0.496 e. The van der Waals surface area contributed by atoms with Crippen LogP contribution in [0.1, 0.15) is 21.5 Å². The zero-order valence-electron chi connectivity index (χ0n) is 18.1. The van der Waals surface area contributed by atoms with Crippen molar-refractivity contribution >= 4 is 56.8 Å². The quantitative estimate of drug-likeness (QED) is 0.224. The molecular weight excluding hydrogens is 526 g/mol. The highest BCUT2D eigenvalue weighted by molar-refractivity contribution is 9.10. The Hall–Kier alpha value is -3.69. The molecule has 0 radical (unpaired) electrons. The molecule has 8 nitrogen and oxygen atoms in total. The molecule has 0 unspecified atom stereocenters. The van der Waals surface area contributed by atoms with Crippen LogP contribution in [0.5, 0.6) is 5.75 Å². The molecule has 0 aliphatic carbocycles. The van der Waals surface area contributed by atoms with Gasteiger partial charge in [-0.1, -0.05) is 33.6 Å². The molecule has 34 heavy (non-hydrogen) atoms. The lowest BCUT2D eigenvalue weighted by atomic mass is 10.1. The van der Waals surface area contributed by atoms with E-state index in [1.807, 2.05) is 0 Å². The smallest absolute Gasteiger partial charge is 0.272 e. The van der Waals surface area contributed by atoms with Gasteiger partial charge in [0.1, 0.15) is 11.4 Å². The predicted molar refractivity (Wildman–Crippen MR) is 134 cm³/mol. The van der Waals surface area contributed by atoms with Gasteiger partial charge in [0, 0.05) is 27.3 Å². The number of benzene rings is 3. The van der Waals surface area contributed by atoms with Gasteiger partial charge in [-0.3, -0.25) is 19.7 Å². The molecule has 10 heteroatoms. The third-order valence-electron chi connectivity index (χ3n) is 4.76. The fourth-order valence-corrected chi connectivity index (χ4v) is 3.52. The molecule has 174 valence electrons. The number of amides is 2. The molecule has 0 bridgehead atoms. The Morgan fingerprint density at radius 2 is 1.79 bits per heavy atom. The Balaban J connectivity index is 1.98. The highest BCUT2D eigenvalue weighted by Gasteiger charge is 2.19. The number of nitro groups is 1. The van der Waals surface area contributed by atoms with Gasteiger partial charge < -0.3 is 15.4 Å². The van der Waals surface area contributed by atoms with Crippen LogP contribution in [0, 0.1) is 17.0 Å². The highest BCUT2D eigenvalue weighted by atomic mass is 79.9. The number of halogens is 2. The van der Waals surface area contributed by atoms with E-state index in [4.69, 9.17) is 16.3 Å². The Morgan fingerprint density at radius 1 is 1.09 bits per heavy atom. The van der Waals surface area contributed by atoms with Gasteiger partial charge in [-0.05, 0) is 66.6 Å². The van der Waals surface area contributed by atoms with Crippen molar-refractivity contribution in [3.05, 3.63) is 103 Å². The molecular formula is C24H19BrClN3O5. The molecule has 0 aromatic heterocycles. The summed E-state index contributed by atoms with van der Waals surface area (Å²) in [6, 6.07) is 15.5. The number of nitro benzene ring substituents is 1.